The zero-order chi connectivity index (χ0) is 14.1. The molecule has 3 rings (SSSR count). The summed E-state index contributed by atoms with van der Waals surface area (Å²) in [7, 11) is 0. The monoisotopic (exact) mass is 279 g/mol. The molecule has 110 valence electrons. The van der Waals surface area contributed by atoms with Gasteiger partial charge in [0, 0.05) is 30.8 Å². The Labute approximate surface area is 119 Å². The molecule has 0 bridgehead atoms. The number of rotatable bonds is 3. The lowest BCUT2D eigenvalue weighted by Crippen LogP contribution is -2.47. The molecule has 2 unspecified atom stereocenters. The molecule has 0 aliphatic carbocycles. The molecule has 1 N–H and O–H groups in total. The van der Waals surface area contributed by atoms with Crippen LogP contribution in [-0.4, -0.2) is 42.1 Å². The molecule has 1 fully saturated rings. The number of phenolic OH excluding ortho intramolecular Hbond substituents is 1. The van der Waals surface area contributed by atoms with Crippen LogP contribution >= 0.6 is 0 Å². The summed E-state index contributed by atoms with van der Waals surface area (Å²) < 4.78 is 16.4. The zero-order valence-electron chi connectivity index (χ0n) is 12.0. The van der Waals surface area contributed by atoms with Crippen molar-refractivity contribution in [3.63, 3.8) is 0 Å². The Morgan fingerprint density at radius 2 is 2.05 bits per heavy atom. The molecule has 0 aromatic heterocycles. The smallest absolute Gasteiger partial charge is 0.231 e. The zero-order valence-corrected chi connectivity index (χ0v) is 12.0. The molecule has 1 aromatic rings. The van der Waals surface area contributed by atoms with Gasteiger partial charge in [0.2, 0.25) is 6.79 Å². The molecular formula is C15H21NO4. The van der Waals surface area contributed by atoms with Gasteiger partial charge in [-0.25, -0.2) is 0 Å². The average molecular weight is 279 g/mol. The Bertz CT molecular complexity index is 491. The van der Waals surface area contributed by atoms with Crippen LogP contribution in [0.4, 0.5) is 0 Å². The summed E-state index contributed by atoms with van der Waals surface area (Å²) in [6.45, 7) is 6.81. The van der Waals surface area contributed by atoms with Crippen molar-refractivity contribution in [3.05, 3.63) is 17.7 Å². The summed E-state index contributed by atoms with van der Waals surface area (Å²) in [4.78, 5) is 2.37. The SMILES string of the molecule is CCC1COC(C)CN1Cc1cc2c(cc1O)OCO2. The lowest BCUT2D eigenvalue weighted by Gasteiger charge is -2.38. The molecule has 5 heteroatoms. The van der Waals surface area contributed by atoms with Crippen molar-refractivity contribution in [1.29, 1.82) is 0 Å². The topological polar surface area (TPSA) is 51.2 Å². The Morgan fingerprint density at radius 3 is 2.80 bits per heavy atom. The number of nitrogens with zero attached hydrogens (tertiary/aromatic N) is 1. The van der Waals surface area contributed by atoms with Crippen LogP contribution in [0.1, 0.15) is 25.8 Å². The highest BCUT2D eigenvalue weighted by molar-refractivity contribution is 5.51. The van der Waals surface area contributed by atoms with Crippen molar-refractivity contribution in [2.45, 2.75) is 39.0 Å². The molecule has 0 saturated carbocycles. The van der Waals surface area contributed by atoms with Crippen molar-refractivity contribution < 1.29 is 19.3 Å². The van der Waals surface area contributed by atoms with Crippen molar-refractivity contribution >= 4 is 0 Å². The summed E-state index contributed by atoms with van der Waals surface area (Å²) in [5, 5.41) is 10.1. The number of fused-ring (bicyclic) bond motifs is 1. The molecular weight excluding hydrogens is 258 g/mol. The van der Waals surface area contributed by atoms with Gasteiger partial charge in [-0.05, 0) is 19.4 Å². The third-order valence-electron chi connectivity index (χ3n) is 4.00. The van der Waals surface area contributed by atoms with E-state index in [1.165, 1.54) is 0 Å². The maximum absolute atomic E-state index is 10.1. The van der Waals surface area contributed by atoms with E-state index in [9.17, 15) is 5.11 Å². The predicted octanol–water partition coefficient (Wildman–Crippen LogP) is 2.12. The minimum atomic E-state index is 0.227. The fourth-order valence-electron chi connectivity index (χ4n) is 2.80. The maximum Gasteiger partial charge on any atom is 0.231 e. The second-order valence-electron chi connectivity index (χ2n) is 5.47. The van der Waals surface area contributed by atoms with E-state index in [2.05, 4.69) is 18.7 Å². The Kier molecular flexibility index (Phi) is 3.72. The third-order valence-corrected chi connectivity index (χ3v) is 4.00. The van der Waals surface area contributed by atoms with Crippen molar-refractivity contribution in [2.75, 3.05) is 19.9 Å². The summed E-state index contributed by atoms with van der Waals surface area (Å²) >= 11 is 0. The minimum absolute atomic E-state index is 0.227. The summed E-state index contributed by atoms with van der Waals surface area (Å²) in [6, 6.07) is 3.92. The van der Waals surface area contributed by atoms with Crippen LogP contribution in [0.15, 0.2) is 12.1 Å². The van der Waals surface area contributed by atoms with E-state index in [0.717, 1.165) is 25.1 Å². The Balaban J connectivity index is 1.79. The molecule has 5 nitrogen and oxygen atoms in total. The number of morpholine rings is 1. The van der Waals surface area contributed by atoms with E-state index in [1.54, 1.807) is 6.07 Å². The highest BCUT2D eigenvalue weighted by Crippen LogP contribution is 2.38. The number of benzene rings is 1. The number of ether oxygens (including phenoxy) is 3. The number of hydrogen-bond donors (Lipinski definition) is 1. The number of hydrogen-bond acceptors (Lipinski definition) is 5. The quantitative estimate of drug-likeness (QED) is 0.918. The molecule has 2 aliphatic heterocycles. The summed E-state index contributed by atoms with van der Waals surface area (Å²) in [6.07, 6.45) is 1.27. The minimum Gasteiger partial charge on any atom is -0.507 e. The van der Waals surface area contributed by atoms with Crippen molar-refractivity contribution in [1.82, 2.24) is 4.90 Å². The van der Waals surface area contributed by atoms with Crippen LogP contribution in [0, 0.1) is 0 Å². The van der Waals surface area contributed by atoms with Crippen LogP contribution in [0.25, 0.3) is 0 Å². The molecule has 0 amide bonds. The van der Waals surface area contributed by atoms with E-state index in [4.69, 9.17) is 14.2 Å². The molecule has 0 radical (unpaired) electrons. The molecule has 2 atom stereocenters. The Morgan fingerprint density at radius 1 is 1.30 bits per heavy atom. The number of phenols is 1. The first-order valence-electron chi connectivity index (χ1n) is 7.14. The maximum atomic E-state index is 10.1. The van der Waals surface area contributed by atoms with Gasteiger partial charge < -0.3 is 19.3 Å². The summed E-state index contributed by atoms with van der Waals surface area (Å²) in [5.41, 5.74) is 0.877. The summed E-state index contributed by atoms with van der Waals surface area (Å²) in [5.74, 6) is 1.60. The Hall–Kier alpha value is -1.46. The van der Waals surface area contributed by atoms with E-state index < -0.39 is 0 Å². The van der Waals surface area contributed by atoms with Crippen LogP contribution in [-0.2, 0) is 11.3 Å². The first-order valence-corrected chi connectivity index (χ1v) is 7.14. The fraction of sp³-hybridized carbons (Fsp3) is 0.600. The van der Waals surface area contributed by atoms with Gasteiger partial charge in [-0.1, -0.05) is 6.92 Å². The molecule has 20 heavy (non-hydrogen) atoms. The van der Waals surface area contributed by atoms with Gasteiger partial charge in [0.05, 0.1) is 12.7 Å². The van der Waals surface area contributed by atoms with Crippen molar-refractivity contribution in [2.24, 2.45) is 0 Å². The molecule has 1 saturated heterocycles. The van der Waals surface area contributed by atoms with Crippen LogP contribution in [0.5, 0.6) is 17.2 Å². The van der Waals surface area contributed by atoms with Gasteiger partial charge in [0.25, 0.3) is 0 Å². The fourth-order valence-corrected chi connectivity index (χ4v) is 2.80. The molecule has 2 heterocycles. The average Bonchev–Trinajstić information content (AvgIpc) is 2.86. The standard InChI is InChI=1S/C15H21NO4/c1-3-12-8-18-10(2)6-16(12)7-11-4-14-15(5-13(11)17)20-9-19-14/h4-5,10,12,17H,3,6-9H2,1-2H3. The third kappa shape index (κ3) is 2.55. The first kappa shape index (κ1) is 13.5. The van der Waals surface area contributed by atoms with Gasteiger partial charge in [-0.2, -0.15) is 0 Å². The van der Waals surface area contributed by atoms with Gasteiger partial charge in [-0.15, -0.1) is 0 Å². The lowest BCUT2D eigenvalue weighted by molar-refractivity contribution is -0.0593. The predicted molar refractivity (Wildman–Crippen MR) is 74.1 cm³/mol. The van der Waals surface area contributed by atoms with Gasteiger partial charge >= 0.3 is 0 Å². The van der Waals surface area contributed by atoms with Crippen LogP contribution in [0.3, 0.4) is 0 Å². The largest absolute Gasteiger partial charge is 0.507 e. The van der Waals surface area contributed by atoms with Crippen LogP contribution < -0.4 is 9.47 Å². The van der Waals surface area contributed by atoms with E-state index in [-0.39, 0.29) is 18.6 Å². The van der Waals surface area contributed by atoms with Gasteiger partial charge in [0.1, 0.15) is 5.75 Å². The highest BCUT2D eigenvalue weighted by Gasteiger charge is 2.27. The van der Waals surface area contributed by atoms with Crippen LogP contribution in [0.2, 0.25) is 0 Å². The van der Waals surface area contributed by atoms with E-state index >= 15 is 0 Å². The van der Waals surface area contributed by atoms with Crippen molar-refractivity contribution in [3.8, 4) is 17.2 Å². The first-order chi connectivity index (χ1) is 9.67. The van der Waals surface area contributed by atoms with E-state index in [1.807, 2.05) is 6.07 Å². The van der Waals surface area contributed by atoms with Gasteiger partial charge in [-0.3, -0.25) is 4.90 Å². The molecule has 0 spiro atoms. The molecule has 1 aromatic carbocycles. The normalized spacial score (nSPS) is 25.9. The second-order valence-corrected chi connectivity index (χ2v) is 5.47. The molecule has 2 aliphatic rings. The highest BCUT2D eigenvalue weighted by atomic mass is 16.7. The van der Waals surface area contributed by atoms with Gasteiger partial charge in [0.15, 0.2) is 11.5 Å². The van der Waals surface area contributed by atoms with E-state index in [0.29, 0.717) is 24.1 Å². The lowest BCUT2D eigenvalue weighted by atomic mass is 10.1. The number of aromatic hydroxyl groups is 1. The second kappa shape index (κ2) is 5.50.